The number of hydrogen-bond acceptors (Lipinski definition) is 6. The number of nitrogens with one attached hydrogen (secondary N) is 1. The van der Waals surface area contributed by atoms with Crippen LogP contribution in [0.15, 0.2) is 47.5 Å². The number of hydrogen-bond donors (Lipinski definition) is 1. The molecule has 0 spiro atoms. The summed E-state index contributed by atoms with van der Waals surface area (Å²) in [6.07, 6.45) is 8.08. The van der Waals surface area contributed by atoms with Gasteiger partial charge in [0.2, 0.25) is 10.0 Å². The molecule has 2 aromatic rings. The summed E-state index contributed by atoms with van der Waals surface area (Å²) in [4.78, 5) is 9.99. The molecule has 1 N–H and O–H groups in total. The van der Waals surface area contributed by atoms with Crippen molar-refractivity contribution in [1.82, 2.24) is 14.6 Å². The normalized spacial score (nSPS) is 23.8. The number of fused-ring (bicyclic) bond motifs is 1. The molecule has 3 aliphatic rings. The highest BCUT2D eigenvalue weighted by atomic mass is 32.2. The topological polar surface area (TPSA) is 74.8 Å². The van der Waals surface area contributed by atoms with E-state index >= 15 is 0 Å². The Morgan fingerprint density at radius 2 is 1.76 bits per heavy atom. The quantitative estimate of drug-likeness (QED) is 0.670. The molecule has 33 heavy (non-hydrogen) atoms. The van der Waals surface area contributed by atoms with E-state index in [2.05, 4.69) is 19.5 Å². The Balaban J connectivity index is 1.04. The largest absolute Gasteiger partial charge is 0.493 e. The summed E-state index contributed by atoms with van der Waals surface area (Å²) in [7, 11) is -3.41. The molecule has 0 bridgehead atoms. The van der Waals surface area contributed by atoms with Gasteiger partial charge in [0.15, 0.2) is 0 Å². The number of aromatic nitrogens is 1. The minimum atomic E-state index is -3.41. The molecule has 0 amide bonds. The van der Waals surface area contributed by atoms with Crippen molar-refractivity contribution in [3.63, 3.8) is 0 Å². The van der Waals surface area contributed by atoms with Crippen LogP contribution in [0.3, 0.4) is 0 Å². The number of piperazine rings is 1. The first-order chi connectivity index (χ1) is 16.1. The van der Waals surface area contributed by atoms with Gasteiger partial charge in [0.05, 0.1) is 11.5 Å². The second-order valence-corrected chi connectivity index (χ2v) is 11.2. The maximum absolute atomic E-state index is 12.6. The van der Waals surface area contributed by atoms with Crippen molar-refractivity contribution in [2.24, 2.45) is 5.92 Å². The third-order valence-electron chi connectivity index (χ3n) is 7.35. The van der Waals surface area contributed by atoms with E-state index < -0.39 is 10.0 Å². The highest BCUT2D eigenvalue weighted by molar-refractivity contribution is 7.89. The molecule has 3 heterocycles. The predicted octanol–water partition coefficient (Wildman–Crippen LogP) is 3.07. The average Bonchev–Trinajstić information content (AvgIpc) is 3.34. The maximum Gasteiger partial charge on any atom is 0.240 e. The summed E-state index contributed by atoms with van der Waals surface area (Å²) in [5.41, 5.74) is 1.27. The van der Waals surface area contributed by atoms with Gasteiger partial charge < -0.3 is 9.64 Å². The average molecular weight is 471 g/mol. The molecule has 1 aliphatic carbocycles. The highest BCUT2D eigenvalue weighted by Gasteiger charge is 2.27. The third-order valence-corrected chi connectivity index (χ3v) is 8.88. The van der Waals surface area contributed by atoms with Crippen LogP contribution in [0.2, 0.25) is 0 Å². The molecule has 1 aromatic carbocycles. The molecule has 1 saturated carbocycles. The Bertz CT molecular complexity index is 1030. The number of sulfonamides is 1. The molecule has 2 fully saturated rings. The smallest absolute Gasteiger partial charge is 0.240 e. The van der Waals surface area contributed by atoms with Gasteiger partial charge in [-0.15, -0.1) is 0 Å². The first-order valence-corrected chi connectivity index (χ1v) is 13.7. The van der Waals surface area contributed by atoms with Crippen LogP contribution in [0.5, 0.6) is 5.75 Å². The van der Waals surface area contributed by atoms with Gasteiger partial charge in [0, 0.05) is 50.4 Å². The van der Waals surface area contributed by atoms with Crippen LogP contribution in [0.25, 0.3) is 0 Å². The van der Waals surface area contributed by atoms with Crippen LogP contribution >= 0.6 is 0 Å². The first kappa shape index (κ1) is 22.6. The SMILES string of the molecule is O=S(=O)(NC1CCC(CCN2CCN(c3nccc4c3CCO4)CC2)CC1)c1ccccc1. The van der Waals surface area contributed by atoms with Crippen molar-refractivity contribution in [3.05, 3.63) is 48.2 Å². The van der Waals surface area contributed by atoms with Crippen LogP contribution in [0, 0.1) is 5.92 Å². The summed E-state index contributed by atoms with van der Waals surface area (Å²) >= 11 is 0. The van der Waals surface area contributed by atoms with E-state index in [0.29, 0.717) is 10.8 Å². The molecule has 178 valence electrons. The van der Waals surface area contributed by atoms with E-state index in [1.54, 1.807) is 24.3 Å². The molecule has 8 heteroatoms. The summed E-state index contributed by atoms with van der Waals surface area (Å²) in [6.45, 7) is 6.05. The van der Waals surface area contributed by atoms with Crippen molar-refractivity contribution in [1.29, 1.82) is 0 Å². The molecule has 0 unspecified atom stereocenters. The molecule has 5 rings (SSSR count). The number of pyridine rings is 1. The van der Waals surface area contributed by atoms with E-state index in [4.69, 9.17) is 4.74 Å². The lowest BCUT2D eigenvalue weighted by atomic mass is 9.84. The second-order valence-electron chi connectivity index (χ2n) is 9.48. The molecular formula is C25H34N4O3S. The number of ether oxygens (including phenoxy) is 1. The zero-order valence-corrected chi connectivity index (χ0v) is 20.0. The summed E-state index contributed by atoms with van der Waals surface area (Å²) in [5.74, 6) is 2.81. The van der Waals surface area contributed by atoms with Crippen LogP contribution in [0.4, 0.5) is 5.82 Å². The second kappa shape index (κ2) is 9.99. The molecule has 1 aromatic heterocycles. The minimum Gasteiger partial charge on any atom is -0.493 e. The number of nitrogens with zero attached hydrogens (tertiary/aromatic N) is 3. The van der Waals surface area contributed by atoms with Gasteiger partial charge in [-0.25, -0.2) is 18.1 Å². The Labute approximate surface area is 197 Å². The van der Waals surface area contributed by atoms with Gasteiger partial charge in [0.1, 0.15) is 11.6 Å². The molecule has 0 radical (unpaired) electrons. The van der Waals surface area contributed by atoms with E-state index in [1.807, 2.05) is 18.3 Å². The van der Waals surface area contributed by atoms with Gasteiger partial charge in [-0.2, -0.15) is 0 Å². The van der Waals surface area contributed by atoms with Crippen LogP contribution < -0.4 is 14.4 Å². The van der Waals surface area contributed by atoms with Crippen LogP contribution in [-0.2, 0) is 16.4 Å². The number of anilines is 1. The number of benzene rings is 1. The van der Waals surface area contributed by atoms with E-state index in [9.17, 15) is 8.42 Å². The van der Waals surface area contributed by atoms with Crippen LogP contribution in [0.1, 0.15) is 37.7 Å². The lowest BCUT2D eigenvalue weighted by molar-refractivity contribution is 0.214. The van der Waals surface area contributed by atoms with Crippen molar-refractivity contribution >= 4 is 15.8 Å². The minimum absolute atomic E-state index is 0.0547. The monoisotopic (exact) mass is 470 g/mol. The van der Waals surface area contributed by atoms with Crippen molar-refractivity contribution < 1.29 is 13.2 Å². The van der Waals surface area contributed by atoms with E-state index in [-0.39, 0.29) is 6.04 Å². The van der Waals surface area contributed by atoms with E-state index in [0.717, 1.165) is 83.0 Å². The van der Waals surface area contributed by atoms with Gasteiger partial charge >= 0.3 is 0 Å². The Kier molecular flexibility index (Phi) is 6.85. The van der Waals surface area contributed by atoms with Crippen molar-refractivity contribution in [3.8, 4) is 5.75 Å². The highest BCUT2D eigenvalue weighted by Crippen LogP contribution is 2.33. The Morgan fingerprint density at radius 1 is 1.00 bits per heavy atom. The Morgan fingerprint density at radius 3 is 2.52 bits per heavy atom. The summed E-state index contributed by atoms with van der Waals surface area (Å²) in [6, 6.07) is 10.7. The first-order valence-electron chi connectivity index (χ1n) is 12.2. The zero-order valence-electron chi connectivity index (χ0n) is 19.2. The predicted molar refractivity (Wildman–Crippen MR) is 129 cm³/mol. The fraction of sp³-hybridized carbons (Fsp3) is 0.560. The fourth-order valence-electron chi connectivity index (χ4n) is 5.37. The van der Waals surface area contributed by atoms with Gasteiger partial charge in [-0.3, -0.25) is 4.90 Å². The molecule has 0 atom stereocenters. The zero-order chi connectivity index (χ0) is 22.7. The standard InChI is InChI=1S/C25H34N4O3S/c30-33(31,22-4-2-1-3-5-22)27-21-8-6-20(7-9-21)11-14-28-15-17-29(18-16-28)25-23-12-19-32-24(23)10-13-26-25/h1-5,10,13,20-21,27H,6-9,11-12,14-19H2. The third kappa shape index (κ3) is 5.34. The molecule has 1 saturated heterocycles. The van der Waals surface area contributed by atoms with E-state index in [1.165, 1.54) is 12.0 Å². The molecular weight excluding hydrogens is 436 g/mol. The van der Waals surface area contributed by atoms with Gasteiger partial charge in [-0.05, 0) is 62.8 Å². The molecule has 7 nitrogen and oxygen atoms in total. The summed E-state index contributed by atoms with van der Waals surface area (Å²) < 4.78 is 33.8. The summed E-state index contributed by atoms with van der Waals surface area (Å²) in [5, 5.41) is 0. The van der Waals surface area contributed by atoms with Crippen molar-refractivity contribution in [2.75, 3.05) is 44.2 Å². The lowest BCUT2D eigenvalue weighted by Gasteiger charge is -2.37. The van der Waals surface area contributed by atoms with Gasteiger partial charge in [0.25, 0.3) is 0 Å². The number of rotatable bonds is 7. The van der Waals surface area contributed by atoms with Crippen molar-refractivity contribution in [2.45, 2.75) is 49.5 Å². The molecule has 2 aliphatic heterocycles. The van der Waals surface area contributed by atoms with Crippen LogP contribution in [-0.4, -0.2) is 63.7 Å². The van der Waals surface area contributed by atoms with Gasteiger partial charge in [-0.1, -0.05) is 18.2 Å². The Hall–Kier alpha value is -2.16. The fourth-order valence-corrected chi connectivity index (χ4v) is 6.70. The maximum atomic E-state index is 12.6. The lowest BCUT2D eigenvalue weighted by Crippen LogP contribution is -2.47.